The summed E-state index contributed by atoms with van der Waals surface area (Å²) in [5, 5.41) is 9.00. The lowest BCUT2D eigenvalue weighted by molar-refractivity contribution is -0.364. The second-order valence-electron chi connectivity index (χ2n) is 4.85. The van der Waals surface area contributed by atoms with E-state index in [4.69, 9.17) is 5.10 Å². The molecule has 0 amide bonds. The van der Waals surface area contributed by atoms with Gasteiger partial charge in [0.1, 0.15) is 13.1 Å². The molecule has 1 saturated heterocycles. The molecule has 0 atom stereocenters. The van der Waals surface area contributed by atoms with Crippen molar-refractivity contribution in [1.82, 2.24) is 5.01 Å². The highest BCUT2D eigenvalue weighted by Crippen LogP contribution is 2.13. The zero-order valence-corrected chi connectivity index (χ0v) is 12.4. The summed E-state index contributed by atoms with van der Waals surface area (Å²) in [7, 11) is 0. The SMILES string of the molecule is C/C(=N/N1CCN(c2cccc[nH+]2)CC1)c1cccs1. The molecule has 0 spiro atoms. The van der Waals surface area contributed by atoms with Crippen molar-refractivity contribution < 1.29 is 4.98 Å². The summed E-state index contributed by atoms with van der Waals surface area (Å²) >= 11 is 1.74. The summed E-state index contributed by atoms with van der Waals surface area (Å²) in [4.78, 5) is 6.91. The highest BCUT2D eigenvalue weighted by atomic mass is 32.1. The summed E-state index contributed by atoms with van der Waals surface area (Å²) in [6.45, 7) is 6.02. The molecule has 0 unspecified atom stereocenters. The third-order valence-electron chi connectivity index (χ3n) is 3.46. The van der Waals surface area contributed by atoms with E-state index in [0.29, 0.717) is 0 Å². The van der Waals surface area contributed by atoms with Gasteiger partial charge in [-0.2, -0.15) is 5.10 Å². The van der Waals surface area contributed by atoms with Gasteiger partial charge < -0.3 is 0 Å². The average Bonchev–Trinajstić information content (AvgIpc) is 3.03. The van der Waals surface area contributed by atoms with Gasteiger partial charge in [-0.15, -0.1) is 11.3 Å². The van der Waals surface area contributed by atoms with Gasteiger partial charge in [0.25, 0.3) is 5.82 Å². The fourth-order valence-electron chi connectivity index (χ4n) is 2.36. The lowest BCUT2D eigenvalue weighted by Gasteiger charge is -2.29. The van der Waals surface area contributed by atoms with E-state index < -0.39 is 0 Å². The van der Waals surface area contributed by atoms with Crippen LogP contribution in [0.15, 0.2) is 47.0 Å². The predicted octanol–water partition coefficient (Wildman–Crippen LogP) is 2.11. The van der Waals surface area contributed by atoms with Gasteiger partial charge in [-0.05, 0) is 24.4 Å². The van der Waals surface area contributed by atoms with Crippen molar-refractivity contribution >= 4 is 22.9 Å². The molecule has 1 fully saturated rings. The predicted molar refractivity (Wildman–Crippen MR) is 83.3 cm³/mol. The number of pyridine rings is 1. The first-order valence-electron chi connectivity index (χ1n) is 6.88. The maximum atomic E-state index is 4.73. The Hall–Kier alpha value is -1.88. The first-order chi connectivity index (χ1) is 9.83. The van der Waals surface area contributed by atoms with Crippen molar-refractivity contribution in [3.8, 4) is 0 Å². The van der Waals surface area contributed by atoms with Crippen LogP contribution in [0.5, 0.6) is 0 Å². The van der Waals surface area contributed by atoms with E-state index in [-0.39, 0.29) is 0 Å². The van der Waals surface area contributed by atoms with Crippen molar-refractivity contribution in [2.75, 3.05) is 31.1 Å². The van der Waals surface area contributed by atoms with Crippen LogP contribution in [0, 0.1) is 0 Å². The van der Waals surface area contributed by atoms with Crippen molar-refractivity contribution in [2.24, 2.45) is 5.10 Å². The minimum absolute atomic E-state index is 0.964. The Morgan fingerprint density at radius 1 is 1.15 bits per heavy atom. The number of thiophene rings is 1. The van der Waals surface area contributed by atoms with E-state index in [1.54, 1.807) is 11.3 Å². The Balaban J connectivity index is 1.60. The number of rotatable bonds is 3. The monoisotopic (exact) mass is 287 g/mol. The van der Waals surface area contributed by atoms with Crippen LogP contribution in [-0.4, -0.2) is 36.9 Å². The number of H-pyrrole nitrogens is 1. The quantitative estimate of drug-likeness (QED) is 0.810. The molecule has 1 aliphatic heterocycles. The van der Waals surface area contributed by atoms with Crippen LogP contribution in [0.2, 0.25) is 0 Å². The normalized spacial score (nSPS) is 16.6. The van der Waals surface area contributed by atoms with Crippen LogP contribution in [-0.2, 0) is 0 Å². The number of nitrogens with zero attached hydrogens (tertiary/aromatic N) is 3. The Morgan fingerprint density at radius 2 is 2.00 bits per heavy atom. The van der Waals surface area contributed by atoms with E-state index in [0.717, 1.165) is 31.9 Å². The molecule has 20 heavy (non-hydrogen) atoms. The smallest absolute Gasteiger partial charge is 0.274 e. The molecule has 2 aromatic rings. The first kappa shape index (κ1) is 13.1. The molecule has 104 valence electrons. The topological polar surface area (TPSA) is 33.0 Å². The third-order valence-corrected chi connectivity index (χ3v) is 4.44. The van der Waals surface area contributed by atoms with Crippen LogP contribution in [0.4, 0.5) is 5.82 Å². The van der Waals surface area contributed by atoms with E-state index >= 15 is 0 Å². The molecule has 5 heteroatoms. The van der Waals surface area contributed by atoms with Gasteiger partial charge in [-0.3, -0.25) is 9.91 Å². The number of hydrogen-bond donors (Lipinski definition) is 0. The number of aromatic amines is 1. The minimum atomic E-state index is 0.964. The highest BCUT2D eigenvalue weighted by Gasteiger charge is 2.22. The van der Waals surface area contributed by atoms with E-state index in [9.17, 15) is 0 Å². The molecular formula is C15H19N4S+. The van der Waals surface area contributed by atoms with Gasteiger partial charge in [-0.1, -0.05) is 12.1 Å². The molecule has 1 aliphatic rings. The molecular weight excluding hydrogens is 268 g/mol. The second-order valence-corrected chi connectivity index (χ2v) is 5.80. The molecule has 1 N–H and O–H groups in total. The van der Waals surface area contributed by atoms with Crippen molar-refractivity contribution in [1.29, 1.82) is 0 Å². The Labute approximate surface area is 123 Å². The summed E-state index contributed by atoms with van der Waals surface area (Å²) in [5.41, 5.74) is 1.11. The van der Waals surface area contributed by atoms with Crippen molar-refractivity contribution in [2.45, 2.75) is 6.92 Å². The summed E-state index contributed by atoms with van der Waals surface area (Å²) in [5.74, 6) is 1.19. The first-order valence-corrected chi connectivity index (χ1v) is 7.76. The van der Waals surface area contributed by atoms with Gasteiger partial charge >= 0.3 is 0 Å². The molecule has 0 aliphatic carbocycles. The van der Waals surface area contributed by atoms with Crippen LogP contribution >= 0.6 is 11.3 Å². The Morgan fingerprint density at radius 3 is 2.65 bits per heavy atom. The zero-order valence-electron chi connectivity index (χ0n) is 11.6. The fraction of sp³-hybridized carbons (Fsp3) is 0.333. The summed E-state index contributed by atoms with van der Waals surface area (Å²) in [6.07, 6.45) is 1.97. The molecule has 4 nitrogen and oxygen atoms in total. The fourth-order valence-corrected chi connectivity index (χ4v) is 3.04. The largest absolute Gasteiger partial charge is 0.289 e. The standard InChI is InChI=1S/C15H18N4S/c1-13(14-5-4-12-20-14)17-19-10-8-18(9-11-19)15-6-2-3-7-16-15/h2-7,12H,8-11H2,1H3/p+1/b17-13-. The summed E-state index contributed by atoms with van der Waals surface area (Å²) < 4.78 is 0. The lowest BCUT2D eigenvalue weighted by atomic mass is 10.3. The van der Waals surface area contributed by atoms with Gasteiger partial charge in [0.15, 0.2) is 0 Å². The molecule has 0 saturated carbocycles. The van der Waals surface area contributed by atoms with Crippen molar-refractivity contribution in [3.05, 3.63) is 46.8 Å². The maximum Gasteiger partial charge on any atom is 0.274 e. The number of hydrazone groups is 1. The van der Waals surface area contributed by atoms with Gasteiger partial charge in [0.2, 0.25) is 0 Å². The number of aromatic nitrogens is 1. The van der Waals surface area contributed by atoms with E-state index in [1.807, 2.05) is 12.3 Å². The number of piperazine rings is 1. The molecule has 0 bridgehead atoms. The lowest BCUT2D eigenvalue weighted by Crippen LogP contribution is -2.46. The Kier molecular flexibility index (Phi) is 3.97. The Bertz CT molecular complexity index is 557. The van der Waals surface area contributed by atoms with Crippen LogP contribution < -0.4 is 9.88 Å². The number of hydrogen-bond acceptors (Lipinski definition) is 4. The van der Waals surface area contributed by atoms with Gasteiger partial charge in [-0.25, -0.2) is 4.98 Å². The van der Waals surface area contributed by atoms with Gasteiger partial charge in [0.05, 0.1) is 25.0 Å². The van der Waals surface area contributed by atoms with Crippen molar-refractivity contribution in [3.63, 3.8) is 0 Å². The van der Waals surface area contributed by atoms with E-state index in [2.05, 4.69) is 51.5 Å². The maximum absolute atomic E-state index is 4.73. The molecule has 0 aromatic carbocycles. The molecule has 0 radical (unpaired) electrons. The number of anilines is 1. The second kappa shape index (κ2) is 6.05. The highest BCUT2D eigenvalue weighted by molar-refractivity contribution is 7.12. The average molecular weight is 287 g/mol. The minimum Gasteiger partial charge on any atom is -0.289 e. The number of nitrogens with one attached hydrogen (secondary N) is 1. The van der Waals surface area contributed by atoms with Crippen LogP contribution in [0.25, 0.3) is 0 Å². The molecule has 2 aromatic heterocycles. The zero-order chi connectivity index (χ0) is 13.8. The molecule has 3 rings (SSSR count). The third kappa shape index (κ3) is 2.99. The van der Waals surface area contributed by atoms with E-state index in [1.165, 1.54) is 10.7 Å². The van der Waals surface area contributed by atoms with Crippen LogP contribution in [0.3, 0.4) is 0 Å². The molecule has 3 heterocycles. The van der Waals surface area contributed by atoms with Gasteiger partial charge in [0, 0.05) is 10.9 Å². The van der Waals surface area contributed by atoms with Crippen LogP contribution in [0.1, 0.15) is 11.8 Å². The summed E-state index contributed by atoms with van der Waals surface area (Å²) in [6, 6.07) is 10.4.